The van der Waals surface area contributed by atoms with Gasteiger partial charge in [0.05, 0.1) is 12.6 Å². The van der Waals surface area contributed by atoms with Crippen LogP contribution in [0.3, 0.4) is 0 Å². The van der Waals surface area contributed by atoms with Crippen LogP contribution >= 0.6 is 0 Å². The van der Waals surface area contributed by atoms with E-state index in [1.807, 2.05) is 6.92 Å². The molecular formula is C22H27N5O6. The number of amides is 5. The van der Waals surface area contributed by atoms with Crippen LogP contribution in [0.1, 0.15) is 48.5 Å². The Morgan fingerprint density at radius 1 is 1.15 bits per heavy atom. The highest BCUT2D eigenvalue weighted by Crippen LogP contribution is 2.24. The van der Waals surface area contributed by atoms with Crippen LogP contribution in [0.25, 0.3) is 0 Å². The number of carbonyl (C=O) groups excluding carboxylic acids is 6. The van der Waals surface area contributed by atoms with Crippen molar-refractivity contribution < 1.29 is 28.8 Å². The molecule has 11 heteroatoms. The quantitative estimate of drug-likeness (QED) is 0.567. The molecule has 0 unspecified atom stereocenters. The van der Waals surface area contributed by atoms with Crippen LogP contribution in [0, 0.1) is 6.92 Å². The Balaban J connectivity index is 1.80. The Kier molecular flexibility index (Phi) is 7.41. The van der Waals surface area contributed by atoms with E-state index < -0.39 is 29.9 Å². The molecule has 2 N–H and O–H groups in total. The van der Waals surface area contributed by atoms with Gasteiger partial charge in [-0.2, -0.15) is 0 Å². The van der Waals surface area contributed by atoms with Gasteiger partial charge >= 0.3 is 6.03 Å². The molecule has 33 heavy (non-hydrogen) atoms. The molecule has 2 aliphatic heterocycles. The Morgan fingerprint density at radius 3 is 2.48 bits per heavy atom. The molecular weight excluding hydrogens is 430 g/mol. The smallest absolute Gasteiger partial charge is 0.344 e. The van der Waals surface area contributed by atoms with E-state index in [-0.39, 0.29) is 44.0 Å². The average molecular weight is 457 g/mol. The number of carbonyl (C=O) groups is 6. The van der Waals surface area contributed by atoms with E-state index in [9.17, 15) is 28.8 Å². The van der Waals surface area contributed by atoms with Gasteiger partial charge in [-0.25, -0.2) is 19.8 Å². The molecule has 2 saturated heterocycles. The predicted molar refractivity (Wildman–Crippen MR) is 115 cm³/mol. The first-order valence-corrected chi connectivity index (χ1v) is 10.7. The lowest BCUT2D eigenvalue weighted by Gasteiger charge is -2.43. The summed E-state index contributed by atoms with van der Waals surface area (Å²) in [5.41, 5.74) is 3.84. The monoisotopic (exact) mass is 457 g/mol. The number of fused-ring (bicyclic) bond motifs is 1. The molecule has 2 atom stereocenters. The van der Waals surface area contributed by atoms with E-state index in [1.165, 1.54) is 11.9 Å². The summed E-state index contributed by atoms with van der Waals surface area (Å²) >= 11 is 0. The lowest BCUT2D eigenvalue weighted by Crippen LogP contribution is -2.64. The number of aryl methyl sites for hydroxylation is 1. The lowest BCUT2D eigenvalue weighted by atomic mass is 10.1. The van der Waals surface area contributed by atoms with Gasteiger partial charge in [0.25, 0.3) is 5.91 Å². The van der Waals surface area contributed by atoms with Crippen molar-refractivity contribution >= 4 is 35.8 Å². The van der Waals surface area contributed by atoms with Crippen molar-refractivity contribution in [1.29, 1.82) is 0 Å². The Bertz CT molecular complexity index is 963. The van der Waals surface area contributed by atoms with Crippen LogP contribution in [-0.2, 0) is 19.2 Å². The number of nitrogens with one attached hydrogen (secondary N) is 2. The fourth-order valence-electron chi connectivity index (χ4n) is 3.83. The maximum Gasteiger partial charge on any atom is 0.358 e. The van der Waals surface area contributed by atoms with Gasteiger partial charge in [0, 0.05) is 24.9 Å². The van der Waals surface area contributed by atoms with Gasteiger partial charge in [-0.15, -0.1) is 0 Å². The van der Waals surface area contributed by atoms with Crippen LogP contribution in [0.5, 0.6) is 0 Å². The molecule has 0 aliphatic carbocycles. The van der Waals surface area contributed by atoms with Crippen molar-refractivity contribution in [2.24, 2.45) is 0 Å². The number of nitrogens with zero attached hydrogens (tertiary/aromatic N) is 3. The van der Waals surface area contributed by atoms with Crippen LogP contribution in [0.4, 0.5) is 4.79 Å². The molecule has 2 fully saturated rings. The Labute approximate surface area is 191 Å². The predicted octanol–water partition coefficient (Wildman–Crippen LogP) is 0.336. The van der Waals surface area contributed by atoms with E-state index in [4.69, 9.17) is 0 Å². The highest BCUT2D eigenvalue weighted by molar-refractivity contribution is 5.97. The summed E-state index contributed by atoms with van der Waals surface area (Å²) in [5.74, 6) is -1.80. The minimum absolute atomic E-state index is 0.0357. The van der Waals surface area contributed by atoms with E-state index >= 15 is 0 Å². The topological polar surface area (TPSA) is 136 Å². The minimum atomic E-state index is -1.07. The third kappa shape index (κ3) is 5.54. The fraction of sp³-hybridized carbons (Fsp3) is 0.455. The van der Waals surface area contributed by atoms with Crippen LogP contribution < -0.4 is 10.7 Å². The number of hydrazine groups is 2. The summed E-state index contributed by atoms with van der Waals surface area (Å²) in [7, 11) is 0. The van der Waals surface area contributed by atoms with Gasteiger partial charge in [0.1, 0.15) is 18.1 Å². The first-order chi connectivity index (χ1) is 15.7. The zero-order chi connectivity index (χ0) is 24.1. The second-order valence-corrected chi connectivity index (χ2v) is 8.17. The summed E-state index contributed by atoms with van der Waals surface area (Å²) in [6.07, 6.45) is 0.987. The SMILES string of the molecule is CC(=O)C[C@@H](C=O)NC(=O)[C@@H]1CCCN2C(=O)CCN(NC(=O)c3ccc(C)cc3)C(=O)N12. The molecule has 11 nitrogen and oxygen atoms in total. The van der Waals surface area contributed by atoms with E-state index in [0.717, 1.165) is 15.6 Å². The van der Waals surface area contributed by atoms with Gasteiger partial charge in [0.15, 0.2) is 0 Å². The van der Waals surface area contributed by atoms with Gasteiger partial charge in [-0.1, -0.05) is 17.7 Å². The second-order valence-electron chi connectivity index (χ2n) is 8.17. The molecule has 0 bridgehead atoms. The standard InChI is InChI=1S/C22H27N5O6/c1-14-5-7-16(8-6-14)20(31)24-25-11-9-19(30)26-10-3-4-18(27(26)22(25)33)21(32)23-17(13-28)12-15(2)29/h5-8,13,17-18H,3-4,9-12H2,1-2H3,(H,23,32)(H,24,31)/t17-,18-/m0/s1. The number of hydrogen-bond donors (Lipinski definition) is 2. The third-order valence-corrected chi connectivity index (χ3v) is 5.52. The molecule has 1 aromatic rings. The van der Waals surface area contributed by atoms with Crippen molar-refractivity contribution in [3.63, 3.8) is 0 Å². The number of hydrogen-bond acceptors (Lipinski definition) is 6. The Hall–Kier alpha value is -3.76. The fourth-order valence-corrected chi connectivity index (χ4v) is 3.83. The van der Waals surface area contributed by atoms with Gasteiger partial charge in [-0.05, 0) is 38.8 Å². The zero-order valence-corrected chi connectivity index (χ0v) is 18.6. The van der Waals surface area contributed by atoms with E-state index in [0.29, 0.717) is 18.3 Å². The van der Waals surface area contributed by atoms with Crippen LogP contribution in [0.2, 0.25) is 0 Å². The maximum atomic E-state index is 13.3. The van der Waals surface area contributed by atoms with Crippen molar-refractivity contribution in [3.05, 3.63) is 35.4 Å². The summed E-state index contributed by atoms with van der Waals surface area (Å²) in [6, 6.07) is 3.95. The zero-order valence-electron chi connectivity index (χ0n) is 18.6. The molecule has 0 radical (unpaired) electrons. The van der Waals surface area contributed by atoms with Crippen molar-refractivity contribution in [2.75, 3.05) is 13.1 Å². The molecule has 2 heterocycles. The van der Waals surface area contributed by atoms with E-state index in [1.54, 1.807) is 24.3 Å². The Morgan fingerprint density at radius 2 is 1.85 bits per heavy atom. The molecule has 1 aromatic carbocycles. The average Bonchev–Trinajstić information content (AvgIpc) is 2.90. The molecule has 5 amide bonds. The van der Waals surface area contributed by atoms with Crippen LogP contribution in [0.15, 0.2) is 24.3 Å². The van der Waals surface area contributed by atoms with Crippen molar-refractivity contribution in [1.82, 2.24) is 25.8 Å². The van der Waals surface area contributed by atoms with Crippen molar-refractivity contribution in [3.8, 4) is 0 Å². The number of urea groups is 1. The first kappa shape index (κ1) is 23.9. The molecule has 0 aromatic heterocycles. The van der Waals surface area contributed by atoms with Crippen LogP contribution in [-0.4, -0.2) is 76.0 Å². The normalized spacial score (nSPS) is 19.3. The lowest BCUT2D eigenvalue weighted by molar-refractivity contribution is -0.155. The summed E-state index contributed by atoms with van der Waals surface area (Å²) in [5, 5.41) is 5.76. The van der Waals surface area contributed by atoms with E-state index in [2.05, 4.69) is 10.7 Å². The number of benzene rings is 1. The molecule has 0 saturated carbocycles. The number of Topliss-reactive ketones (excluding diaryl/α,β-unsaturated/α-hetero) is 1. The number of rotatable bonds is 7. The third-order valence-electron chi connectivity index (χ3n) is 5.52. The summed E-state index contributed by atoms with van der Waals surface area (Å²) in [6.45, 7) is 3.38. The second kappa shape index (κ2) is 10.2. The number of ketones is 1. The highest BCUT2D eigenvalue weighted by Gasteiger charge is 2.44. The summed E-state index contributed by atoms with van der Waals surface area (Å²) in [4.78, 5) is 74.2. The number of aldehydes is 1. The van der Waals surface area contributed by atoms with Gasteiger partial charge < -0.3 is 10.1 Å². The van der Waals surface area contributed by atoms with Crippen molar-refractivity contribution in [2.45, 2.75) is 51.6 Å². The maximum absolute atomic E-state index is 13.3. The summed E-state index contributed by atoms with van der Waals surface area (Å²) < 4.78 is 0. The van der Waals surface area contributed by atoms with Gasteiger partial charge in [-0.3, -0.25) is 24.6 Å². The minimum Gasteiger partial charge on any atom is -0.344 e. The molecule has 0 spiro atoms. The molecule has 3 rings (SSSR count). The highest BCUT2D eigenvalue weighted by atomic mass is 16.2. The van der Waals surface area contributed by atoms with Gasteiger partial charge in [0.2, 0.25) is 11.8 Å². The molecule has 2 aliphatic rings. The molecule has 176 valence electrons. The first-order valence-electron chi connectivity index (χ1n) is 10.7. The largest absolute Gasteiger partial charge is 0.358 e.